The molecule has 0 bridgehead atoms. The normalized spacial score (nSPS) is 22.5. The van der Waals surface area contributed by atoms with Gasteiger partial charge in [0.25, 0.3) is 0 Å². The number of primary amides is 1. The minimum atomic E-state index is -0.784. The molecule has 2 aromatic rings. The van der Waals surface area contributed by atoms with Crippen molar-refractivity contribution in [2.24, 2.45) is 5.73 Å². The highest BCUT2D eigenvalue weighted by molar-refractivity contribution is 7.17. The number of thiophene rings is 1. The molecule has 0 spiro atoms. The molecule has 118 valence electrons. The first-order valence-electron chi connectivity index (χ1n) is 7.00. The number of hydrogen-bond acceptors (Lipinski definition) is 6. The Morgan fingerprint density at radius 3 is 3.14 bits per heavy atom. The summed E-state index contributed by atoms with van der Waals surface area (Å²) in [5.74, 6) is 0.231. The van der Waals surface area contributed by atoms with Crippen molar-refractivity contribution in [1.82, 2.24) is 14.9 Å². The number of amides is 1. The highest BCUT2D eigenvalue weighted by atomic mass is 35.5. The van der Waals surface area contributed by atoms with Gasteiger partial charge in [0.2, 0.25) is 5.91 Å². The van der Waals surface area contributed by atoms with Gasteiger partial charge in [-0.05, 0) is 30.8 Å². The van der Waals surface area contributed by atoms with Crippen LogP contribution in [0.5, 0.6) is 0 Å². The van der Waals surface area contributed by atoms with Crippen molar-refractivity contribution < 1.29 is 9.53 Å². The molecule has 1 saturated heterocycles. The van der Waals surface area contributed by atoms with Crippen LogP contribution in [0, 0.1) is 0 Å². The molecule has 6 nitrogen and oxygen atoms in total. The Balaban J connectivity index is 1.91. The summed E-state index contributed by atoms with van der Waals surface area (Å²) in [6.45, 7) is 1.46. The predicted molar refractivity (Wildman–Crippen MR) is 85.9 cm³/mol. The summed E-state index contributed by atoms with van der Waals surface area (Å²) >= 11 is 7.72. The summed E-state index contributed by atoms with van der Waals surface area (Å²) in [5, 5.41) is 2.38. The molecule has 3 rings (SSSR count). The van der Waals surface area contributed by atoms with E-state index in [-0.39, 0.29) is 12.5 Å². The number of fused-ring (bicyclic) bond motifs is 1. The zero-order valence-electron chi connectivity index (χ0n) is 12.2. The van der Waals surface area contributed by atoms with Crippen LogP contribution in [0.15, 0.2) is 11.4 Å². The zero-order valence-corrected chi connectivity index (χ0v) is 13.8. The molecule has 2 aromatic heterocycles. The van der Waals surface area contributed by atoms with E-state index in [1.807, 2.05) is 16.3 Å². The number of halogens is 1. The molecule has 1 amide bonds. The van der Waals surface area contributed by atoms with E-state index in [1.165, 1.54) is 11.3 Å². The maximum Gasteiger partial charge on any atom is 0.240 e. The summed E-state index contributed by atoms with van der Waals surface area (Å²) in [5.41, 5.74) is 5.69. The number of likely N-dealkylation sites (tertiary alicyclic amines) is 1. The van der Waals surface area contributed by atoms with Gasteiger partial charge < -0.3 is 10.5 Å². The van der Waals surface area contributed by atoms with Crippen LogP contribution in [-0.2, 0) is 16.1 Å². The van der Waals surface area contributed by atoms with Gasteiger partial charge in [-0.2, -0.15) is 0 Å². The molecule has 0 aromatic carbocycles. The van der Waals surface area contributed by atoms with E-state index in [1.54, 1.807) is 7.11 Å². The van der Waals surface area contributed by atoms with Gasteiger partial charge in [-0.1, -0.05) is 11.6 Å². The average molecular weight is 341 g/mol. The number of ether oxygens (including phenoxy) is 1. The Kier molecular flexibility index (Phi) is 4.31. The number of carbonyl (C=O) groups excluding carboxylic acids is 1. The van der Waals surface area contributed by atoms with Crippen molar-refractivity contribution in [1.29, 1.82) is 0 Å². The number of methoxy groups -OCH3 is 1. The van der Waals surface area contributed by atoms with Crippen LogP contribution in [0.4, 0.5) is 0 Å². The van der Waals surface area contributed by atoms with Crippen molar-refractivity contribution in [3.05, 3.63) is 22.4 Å². The van der Waals surface area contributed by atoms with E-state index in [4.69, 9.17) is 22.1 Å². The molecule has 3 heterocycles. The zero-order chi connectivity index (χ0) is 15.7. The molecule has 2 N–H and O–H groups in total. The van der Waals surface area contributed by atoms with Gasteiger partial charge in [0.1, 0.15) is 11.4 Å². The number of hydrogen-bond donors (Lipinski definition) is 1. The van der Waals surface area contributed by atoms with E-state index in [0.717, 1.165) is 23.2 Å². The van der Waals surface area contributed by atoms with Crippen LogP contribution >= 0.6 is 22.9 Å². The fourth-order valence-corrected chi connectivity index (χ4v) is 4.07. The molecule has 0 radical (unpaired) electrons. The minimum absolute atomic E-state index is 0.275. The molecule has 1 aliphatic heterocycles. The highest BCUT2D eigenvalue weighted by Gasteiger charge is 2.46. The monoisotopic (exact) mass is 340 g/mol. The summed E-state index contributed by atoms with van der Waals surface area (Å²) < 4.78 is 6.11. The van der Waals surface area contributed by atoms with Crippen LogP contribution in [0.25, 0.3) is 10.2 Å². The molecule has 0 saturated carbocycles. The maximum atomic E-state index is 12.0. The molecule has 1 atom stereocenters. The lowest BCUT2D eigenvalue weighted by molar-refractivity contribution is -0.132. The Hall–Kier alpha value is -1.28. The fraction of sp³-hybridized carbons (Fsp3) is 0.500. The predicted octanol–water partition coefficient (Wildman–Crippen LogP) is 1.81. The van der Waals surface area contributed by atoms with Gasteiger partial charge >= 0.3 is 0 Å². The summed E-state index contributed by atoms with van der Waals surface area (Å²) in [6.07, 6.45) is 1.57. The fourth-order valence-electron chi connectivity index (χ4n) is 3.03. The SMILES string of the molecule is COCC1(C(N)=O)CCCN1Cc1nc(Cl)c2sccc2n1. The van der Waals surface area contributed by atoms with E-state index in [0.29, 0.717) is 23.9 Å². The number of rotatable bonds is 5. The van der Waals surface area contributed by atoms with Crippen LogP contribution in [0.3, 0.4) is 0 Å². The Morgan fingerprint density at radius 1 is 1.59 bits per heavy atom. The van der Waals surface area contributed by atoms with E-state index in [2.05, 4.69) is 9.97 Å². The van der Waals surface area contributed by atoms with Crippen molar-refractivity contribution in [3.8, 4) is 0 Å². The quantitative estimate of drug-likeness (QED) is 0.839. The van der Waals surface area contributed by atoms with E-state index >= 15 is 0 Å². The smallest absolute Gasteiger partial charge is 0.240 e. The van der Waals surface area contributed by atoms with Gasteiger partial charge in [-0.15, -0.1) is 11.3 Å². The number of nitrogens with two attached hydrogens (primary N) is 1. The summed E-state index contributed by atoms with van der Waals surface area (Å²) in [4.78, 5) is 22.9. The Bertz CT molecular complexity index is 707. The van der Waals surface area contributed by atoms with Crippen molar-refractivity contribution in [2.75, 3.05) is 20.3 Å². The number of nitrogens with zero attached hydrogens (tertiary/aromatic N) is 3. The standard InChI is InChI=1S/C14H17ClN4O2S/c1-21-8-14(13(16)20)4-2-5-19(14)7-10-17-9-3-6-22-11(9)12(15)18-10/h3,6H,2,4-5,7-8H2,1H3,(H2,16,20). The molecule has 1 unspecified atom stereocenters. The van der Waals surface area contributed by atoms with E-state index < -0.39 is 5.54 Å². The average Bonchev–Trinajstić information content (AvgIpc) is 3.08. The lowest BCUT2D eigenvalue weighted by Gasteiger charge is -2.34. The third kappa shape index (κ3) is 2.58. The molecule has 22 heavy (non-hydrogen) atoms. The number of carbonyl (C=O) groups is 1. The first-order chi connectivity index (χ1) is 10.6. The van der Waals surface area contributed by atoms with Gasteiger partial charge in [0.05, 0.1) is 23.4 Å². The Morgan fingerprint density at radius 2 is 2.41 bits per heavy atom. The number of aromatic nitrogens is 2. The van der Waals surface area contributed by atoms with Crippen molar-refractivity contribution >= 4 is 39.1 Å². The second-order valence-corrected chi connectivity index (χ2v) is 6.69. The third-order valence-corrected chi connectivity index (χ3v) is 5.40. The molecular formula is C14H17ClN4O2S. The molecule has 0 aliphatic carbocycles. The molecule has 1 aliphatic rings. The first-order valence-corrected chi connectivity index (χ1v) is 8.26. The van der Waals surface area contributed by atoms with Gasteiger partial charge in [-0.3, -0.25) is 9.69 Å². The molecule has 1 fully saturated rings. The van der Waals surface area contributed by atoms with Crippen LogP contribution in [0.2, 0.25) is 5.15 Å². The highest BCUT2D eigenvalue weighted by Crippen LogP contribution is 2.32. The van der Waals surface area contributed by atoms with Crippen LogP contribution < -0.4 is 5.73 Å². The summed E-state index contributed by atoms with van der Waals surface area (Å²) in [6, 6.07) is 1.91. The van der Waals surface area contributed by atoms with Crippen molar-refractivity contribution in [3.63, 3.8) is 0 Å². The van der Waals surface area contributed by atoms with Gasteiger partial charge in [-0.25, -0.2) is 9.97 Å². The third-order valence-electron chi connectivity index (χ3n) is 4.11. The van der Waals surface area contributed by atoms with Gasteiger partial charge in [0, 0.05) is 7.11 Å². The first kappa shape index (κ1) is 15.6. The van der Waals surface area contributed by atoms with Crippen molar-refractivity contribution in [2.45, 2.75) is 24.9 Å². The largest absolute Gasteiger partial charge is 0.382 e. The molecular weight excluding hydrogens is 324 g/mol. The second-order valence-electron chi connectivity index (χ2n) is 5.42. The molecule has 8 heteroatoms. The maximum absolute atomic E-state index is 12.0. The summed E-state index contributed by atoms with van der Waals surface area (Å²) in [7, 11) is 1.58. The van der Waals surface area contributed by atoms with Crippen LogP contribution in [-0.4, -0.2) is 46.6 Å². The lowest BCUT2D eigenvalue weighted by atomic mass is 9.96. The second kappa shape index (κ2) is 6.08. The lowest BCUT2D eigenvalue weighted by Crippen LogP contribution is -2.56. The van der Waals surface area contributed by atoms with Gasteiger partial charge in [0.15, 0.2) is 5.15 Å². The van der Waals surface area contributed by atoms with Crippen LogP contribution in [0.1, 0.15) is 18.7 Å². The topological polar surface area (TPSA) is 81.3 Å². The minimum Gasteiger partial charge on any atom is -0.382 e. The van der Waals surface area contributed by atoms with E-state index in [9.17, 15) is 4.79 Å². The Labute approximate surface area is 137 Å².